The summed E-state index contributed by atoms with van der Waals surface area (Å²) in [5, 5.41) is 12.2. The first-order valence-corrected chi connectivity index (χ1v) is 6.24. The van der Waals surface area contributed by atoms with Crippen LogP contribution in [0.15, 0.2) is 18.2 Å². The Labute approximate surface area is 108 Å². The quantitative estimate of drug-likeness (QED) is 0.746. The third-order valence-corrected chi connectivity index (χ3v) is 2.83. The molecule has 0 aliphatic rings. The van der Waals surface area contributed by atoms with Gasteiger partial charge in [-0.25, -0.2) is 0 Å². The van der Waals surface area contributed by atoms with E-state index in [0.717, 1.165) is 12.0 Å². The monoisotopic (exact) mass is 250 g/mol. The Kier molecular flexibility index (Phi) is 5.16. The fourth-order valence-corrected chi connectivity index (χ4v) is 1.95. The highest BCUT2D eigenvalue weighted by Crippen LogP contribution is 2.16. The highest BCUT2D eigenvalue weighted by Gasteiger charge is 2.15. The maximum atomic E-state index is 12.1. The van der Waals surface area contributed by atoms with Gasteiger partial charge in [-0.05, 0) is 43.0 Å². The molecule has 100 valence electrons. The van der Waals surface area contributed by atoms with Crippen LogP contribution in [0.1, 0.15) is 36.2 Å². The first-order valence-electron chi connectivity index (χ1n) is 6.24. The molecular weight excluding hydrogens is 228 g/mol. The van der Waals surface area contributed by atoms with E-state index in [0.29, 0.717) is 18.0 Å². The molecule has 1 amide bonds. The third kappa shape index (κ3) is 4.04. The second-order valence-corrected chi connectivity index (χ2v) is 5.03. The lowest BCUT2D eigenvalue weighted by atomic mass is 10.0. The smallest absolute Gasteiger partial charge is 0.251 e. The molecule has 1 aromatic carbocycles. The van der Waals surface area contributed by atoms with Gasteiger partial charge in [0, 0.05) is 18.2 Å². The van der Waals surface area contributed by atoms with Crippen molar-refractivity contribution in [1.82, 2.24) is 5.32 Å². The molecule has 0 saturated carbocycles. The molecule has 4 heteroatoms. The normalized spacial score (nSPS) is 12.5. The van der Waals surface area contributed by atoms with E-state index in [2.05, 4.69) is 19.2 Å². The summed E-state index contributed by atoms with van der Waals surface area (Å²) in [5.41, 5.74) is 6.99. The molecule has 0 aliphatic heterocycles. The Bertz CT molecular complexity index is 416. The highest BCUT2D eigenvalue weighted by molar-refractivity contribution is 5.96. The first kappa shape index (κ1) is 14.5. The lowest BCUT2D eigenvalue weighted by molar-refractivity contribution is 0.0933. The SMILES string of the molecule is Cc1cc(O)ccc1C(=O)NC(CN)CC(C)C. The van der Waals surface area contributed by atoms with Gasteiger partial charge in [-0.15, -0.1) is 0 Å². The van der Waals surface area contributed by atoms with Crippen molar-refractivity contribution in [2.45, 2.75) is 33.2 Å². The van der Waals surface area contributed by atoms with E-state index < -0.39 is 0 Å². The summed E-state index contributed by atoms with van der Waals surface area (Å²) in [6.45, 7) is 6.43. The number of hydrogen-bond donors (Lipinski definition) is 3. The van der Waals surface area contributed by atoms with Gasteiger partial charge in [0.1, 0.15) is 5.75 Å². The first-order chi connectivity index (χ1) is 8.43. The zero-order valence-electron chi connectivity index (χ0n) is 11.2. The van der Waals surface area contributed by atoms with Gasteiger partial charge in [0.2, 0.25) is 0 Å². The Balaban J connectivity index is 2.74. The predicted octanol–water partition coefficient (Wildman–Crippen LogP) is 1.80. The Morgan fingerprint density at radius 1 is 1.44 bits per heavy atom. The summed E-state index contributed by atoms with van der Waals surface area (Å²) in [5.74, 6) is 0.518. The molecule has 4 N–H and O–H groups in total. The fraction of sp³-hybridized carbons (Fsp3) is 0.500. The van der Waals surface area contributed by atoms with Crippen LogP contribution in [-0.2, 0) is 0 Å². The molecule has 1 unspecified atom stereocenters. The number of phenols is 1. The highest BCUT2D eigenvalue weighted by atomic mass is 16.3. The van der Waals surface area contributed by atoms with Crippen LogP contribution in [-0.4, -0.2) is 23.6 Å². The molecular formula is C14H22N2O2. The van der Waals surface area contributed by atoms with E-state index in [1.54, 1.807) is 19.1 Å². The number of aromatic hydroxyl groups is 1. The number of phenolic OH excluding ortho intramolecular Hbond substituents is 1. The van der Waals surface area contributed by atoms with Crippen molar-refractivity contribution >= 4 is 5.91 Å². The second kappa shape index (κ2) is 6.40. The molecule has 0 fully saturated rings. The summed E-state index contributed by atoms with van der Waals surface area (Å²) in [7, 11) is 0. The zero-order valence-corrected chi connectivity index (χ0v) is 11.2. The van der Waals surface area contributed by atoms with Crippen molar-refractivity contribution in [1.29, 1.82) is 0 Å². The minimum atomic E-state index is -0.136. The molecule has 1 rings (SSSR count). The topological polar surface area (TPSA) is 75.3 Å². The molecule has 0 bridgehead atoms. The largest absolute Gasteiger partial charge is 0.508 e. The molecule has 0 aliphatic carbocycles. The van der Waals surface area contributed by atoms with Crippen LogP contribution in [0.5, 0.6) is 5.75 Å². The van der Waals surface area contributed by atoms with Crippen molar-refractivity contribution in [3.05, 3.63) is 29.3 Å². The molecule has 1 atom stereocenters. The third-order valence-electron chi connectivity index (χ3n) is 2.83. The van der Waals surface area contributed by atoms with Crippen molar-refractivity contribution in [2.24, 2.45) is 11.7 Å². The average molecular weight is 250 g/mol. The lowest BCUT2D eigenvalue weighted by Crippen LogP contribution is -2.41. The molecule has 0 aromatic heterocycles. The van der Waals surface area contributed by atoms with Crippen LogP contribution in [0.4, 0.5) is 0 Å². The summed E-state index contributed by atoms with van der Waals surface area (Å²) in [4.78, 5) is 12.1. The van der Waals surface area contributed by atoms with Crippen LogP contribution in [0, 0.1) is 12.8 Å². The van der Waals surface area contributed by atoms with Gasteiger partial charge < -0.3 is 16.2 Å². The van der Waals surface area contributed by atoms with Crippen molar-refractivity contribution in [2.75, 3.05) is 6.54 Å². The summed E-state index contributed by atoms with van der Waals surface area (Å²) >= 11 is 0. The number of amides is 1. The van der Waals surface area contributed by atoms with Crippen LogP contribution < -0.4 is 11.1 Å². The maximum absolute atomic E-state index is 12.1. The summed E-state index contributed by atoms with van der Waals surface area (Å²) in [6, 6.07) is 4.71. The van der Waals surface area contributed by atoms with Gasteiger partial charge in [0.25, 0.3) is 5.91 Å². The van der Waals surface area contributed by atoms with Gasteiger partial charge >= 0.3 is 0 Å². The van der Waals surface area contributed by atoms with Crippen molar-refractivity contribution < 1.29 is 9.90 Å². The van der Waals surface area contributed by atoms with Gasteiger partial charge in [-0.2, -0.15) is 0 Å². The number of benzene rings is 1. The number of nitrogens with one attached hydrogen (secondary N) is 1. The van der Waals surface area contributed by atoms with Gasteiger partial charge in [0.15, 0.2) is 0 Å². The van der Waals surface area contributed by atoms with Crippen molar-refractivity contribution in [3.63, 3.8) is 0 Å². The molecule has 0 radical (unpaired) electrons. The van der Waals surface area contributed by atoms with E-state index in [-0.39, 0.29) is 17.7 Å². The van der Waals surface area contributed by atoms with Gasteiger partial charge in [0.05, 0.1) is 0 Å². The van der Waals surface area contributed by atoms with Gasteiger partial charge in [-0.1, -0.05) is 13.8 Å². The van der Waals surface area contributed by atoms with E-state index in [1.165, 1.54) is 6.07 Å². The standard InChI is InChI=1S/C14H22N2O2/c1-9(2)6-11(8-15)16-14(18)13-5-4-12(17)7-10(13)3/h4-5,7,9,11,17H,6,8,15H2,1-3H3,(H,16,18). The Morgan fingerprint density at radius 2 is 2.11 bits per heavy atom. The number of hydrogen-bond acceptors (Lipinski definition) is 3. The predicted molar refractivity (Wildman–Crippen MR) is 72.6 cm³/mol. The maximum Gasteiger partial charge on any atom is 0.251 e. The molecule has 0 saturated heterocycles. The van der Waals surface area contributed by atoms with Crippen LogP contribution in [0.3, 0.4) is 0 Å². The lowest BCUT2D eigenvalue weighted by Gasteiger charge is -2.19. The van der Waals surface area contributed by atoms with Crippen LogP contribution in [0.2, 0.25) is 0 Å². The van der Waals surface area contributed by atoms with E-state index in [4.69, 9.17) is 5.73 Å². The number of rotatable bonds is 5. The number of nitrogens with two attached hydrogens (primary N) is 1. The summed E-state index contributed by atoms with van der Waals surface area (Å²) in [6.07, 6.45) is 0.860. The number of carbonyl (C=O) groups excluding carboxylic acids is 1. The molecule has 0 spiro atoms. The van der Waals surface area contributed by atoms with Crippen molar-refractivity contribution in [3.8, 4) is 5.75 Å². The van der Waals surface area contributed by atoms with E-state index in [9.17, 15) is 9.90 Å². The number of carbonyl (C=O) groups is 1. The van der Waals surface area contributed by atoms with Crippen LogP contribution in [0.25, 0.3) is 0 Å². The van der Waals surface area contributed by atoms with E-state index >= 15 is 0 Å². The molecule has 4 nitrogen and oxygen atoms in total. The summed E-state index contributed by atoms with van der Waals surface area (Å²) < 4.78 is 0. The Morgan fingerprint density at radius 3 is 2.61 bits per heavy atom. The second-order valence-electron chi connectivity index (χ2n) is 5.03. The zero-order chi connectivity index (χ0) is 13.7. The van der Waals surface area contributed by atoms with Gasteiger partial charge in [-0.3, -0.25) is 4.79 Å². The van der Waals surface area contributed by atoms with Crippen LogP contribution >= 0.6 is 0 Å². The molecule has 0 heterocycles. The van der Waals surface area contributed by atoms with E-state index in [1.807, 2.05) is 0 Å². The minimum Gasteiger partial charge on any atom is -0.508 e. The average Bonchev–Trinajstić information content (AvgIpc) is 2.27. The minimum absolute atomic E-state index is 0.00861. The fourth-order valence-electron chi connectivity index (χ4n) is 1.95. The number of aryl methyl sites for hydroxylation is 1. The Hall–Kier alpha value is -1.55. The molecule has 18 heavy (non-hydrogen) atoms. The molecule has 1 aromatic rings.